The number of nitrogens with two attached hydrogens (primary N) is 1. The van der Waals surface area contributed by atoms with E-state index < -0.39 is 21.8 Å². The lowest BCUT2D eigenvalue weighted by Crippen LogP contribution is -2.41. The molecular weight excluding hydrogens is 144 g/mol. The van der Waals surface area contributed by atoms with Gasteiger partial charge in [-0.2, -0.15) is 0 Å². The molecule has 0 aliphatic carbocycles. The van der Waals surface area contributed by atoms with E-state index >= 15 is 0 Å². The summed E-state index contributed by atoms with van der Waals surface area (Å²) >= 11 is 0. The zero-order valence-corrected chi connectivity index (χ0v) is 4.68. The van der Waals surface area contributed by atoms with Crippen molar-refractivity contribution in [1.82, 2.24) is 0 Å². The molecule has 0 aromatic rings. The molecule has 0 unspecified atom stereocenters. The highest BCUT2D eigenvalue weighted by Gasteiger charge is 2.35. The molecule has 0 heterocycles. The van der Waals surface area contributed by atoms with Crippen molar-refractivity contribution in [3.63, 3.8) is 0 Å². The van der Waals surface area contributed by atoms with Crippen molar-refractivity contribution < 1.29 is 9.85 Å². The van der Waals surface area contributed by atoms with Gasteiger partial charge in [0.05, 0.1) is 0 Å². The fourth-order valence-corrected chi connectivity index (χ4v) is 0.304. The lowest BCUT2D eigenvalue weighted by molar-refractivity contribution is -0.720. The van der Waals surface area contributed by atoms with E-state index in [4.69, 9.17) is 5.41 Å². The second-order valence-electron chi connectivity index (χ2n) is 1.40. The predicted octanol–water partition coefficient (Wildman–Crippen LogP) is -1.20. The van der Waals surface area contributed by atoms with Crippen molar-refractivity contribution in [2.75, 3.05) is 0 Å². The van der Waals surface area contributed by atoms with E-state index in [1.807, 2.05) is 0 Å². The summed E-state index contributed by atoms with van der Waals surface area (Å²) in [5.74, 6) is -1.07. The molecule has 0 saturated carbocycles. The standard InChI is InChI=1S/C2H4N4O4/c3-1(4)2(5(7)8)6(9)10/h2H,(H3,3,4). The monoisotopic (exact) mass is 148 g/mol. The Morgan fingerprint density at radius 1 is 1.40 bits per heavy atom. The van der Waals surface area contributed by atoms with Crippen LogP contribution in [-0.2, 0) is 0 Å². The zero-order valence-electron chi connectivity index (χ0n) is 4.68. The van der Waals surface area contributed by atoms with Crippen molar-refractivity contribution in [2.45, 2.75) is 6.17 Å². The van der Waals surface area contributed by atoms with Crippen molar-refractivity contribution in [1.29, 1.82) is 5.41 Å². The van der Waals surface area contributed by atoms with Crippen LogP contribution in [0, 0.1) is 25.6 Å². The molecule has 0 rings (SSSR count). The van der Waals surface area contributed by atoms with Gasteiger partial charge in [-0.15, -0.1) is 0 Å². The van der Waals surface area contributed by atoms with Crippen LogP contribution in [0.2, 0.25) is 0 Å². The van der Waals surface area contributed by atoms with E-state index in [1.54, 1.807) is 0 Å². The fourth-order valence-electron chi connectivity index (χ4n) is 0.304. The highest BCUT2D eigenvalue weighted by Crippen LogP contribution is 1.88. The van der Waals surface area contributed by atoms with Gasteiger partial charge in [0.15, 0.2) is 0 Å². The second kappa shape index (κ2) is 2.71. The van der Waals surface area contributed by atoms with Gasteiger partial charge in [0.25, 0.3) is 0 Å². The van der Waals surface area contributed by atoms with Crippen LogP contribution in [0.15, 0.2) is 0 Å². The first kappa shape index (κ1) is 8.27. The summed E-state index contributed by atoms with van der Waals surface area (Å²) in [7, 11) is 0. The summed E-state index contributed by atoms with van der Waals surface area (Å²) < 4.78 is 0. The van der Waals surface area contributed by atoms with E-state index in [2.05, 4.69) is 5.73 Å². The van der Waals surface area contributed by atoms with Crippen LogP contribution in [0.5, 0.6) is 0 Å². The van der Waals surface area contributed by atoms with Crippen molar-refractivity contribution in [2.24, 2.45) is 5.73 Å². The SMILES string of the molecule is N=C(N)C([N+](=O)[O-])[N+](=O)[O-]. The molecule has 0 aliphatic rings. The number of rotatable bonds is 3. The van der Waals surface area contributed by atoms with Crippen LogP contribution < -0.4 is 5.73 Å². The first-order valence-corrected chi connectivity index (χ1v) is 2.07. The van der Waals surface area contributed by atoms with Crippen LogP contribution >= 0.6 is 0 Å². The largest absolute Gasteiger partial charge is 0.506 e. The van der Waals surface area contributed by atoms with Gasteiger partial charge in [0, 0.05) is 0 Å². The molecule has 3 N–H and O–H groups in total. The van der Waals surface area contributed by atoms with Crippen molar-refractivity contribution >= 4 is 5.84 Å². The highest BCUT2D eigenvalue weighted by molar-refractivity contribution is 5.79. The summed E-state index contributed by atoms with van der Waals surface area (Å²) in [6, 6.07) is 0. The molecule has 0 amide bonds. The molecule has 0 saturated heterocycles. The maximum atomic E-state index is 9.73. The summed E-state index contributed by atoms with van der Waals surface area (Å²) in [4.78, 5) is 17.0. The quantitative estimate of drug-likeness (QED) is 0.170. The van der Waals surface area contributed by atoms with E-state index in [0.717, 1.165) is 0 Å². The highest BCUT2D eigenvalue weighted by atomic mass is 16.7. The Bertz CT molecular complexity index is 154. The molecule has 0 aromatic heterocycles. The number of hydrogen-bond acceptors (Lipinski definition) is 5. The first-order valence-electron chi connectivity index (χ1n) is 2.07. The number of nitro groups is 2. The Morgan fingerprint density at radius 2 is 1.70 bits per heavy atom. The molecule has 10 heavy (non-hydrogen) atoms. The van der Waals surface area contributed by atoms with Gasteiger partial charge >= 0.3 is 6.17 Å². The summed E-state index contributed by atoms with van der Waals surface area (Å²) in [5.41, 5.74) is 4.54. The third-order valence-corrected chi connectivity index (χ3v) is 0.678. The molecule has 0 bridgehead atoms. The lowest BCUT2D eigenvalue weighted by atomic mass is 10.5. The third-order valence-electron chi connectivity index (χ3n) is 0.678. The normalized spacial score (nSPS) is 9.30. The van der Waals surface area contributed by atoms with E-state index in [9.17, 15) is 20.2 Å². The van der Waals surface area contributed by atoms with Crippen LogP contribution in [0.4, 0.5) is 0 Å². The molecule has 0 fully saturated rings. The Kier molecular flexibility index (Phi) is 2.24. The van der Waals surface area contributed by atoms with Gasteiger partial charge in [0.2, 0.25) is 5.84 Å². The topological polar surface area (TPSA) is 136 Å². The average molecular weight is 148 g/mol. The third kappa shape index (κ3) is 1.65. The minimum atomic E-state index is -2.31. The summed E-state index contributed by atoms with van der Waals surface area (Å²) in [6.07, 6.45) is -2.31. The zero-order chi connectivity index (χ0) is 8.31. The Balaban J connectivity index is 4.43. The minimum absolute atomic E-state index is 1.07. The maximum absolute atomic E-state index is 9.73. The van der Waals surface area contributed by atoms with Crippen molar-refractivity contribution in [3.05, 3.63) is 20.2 Å². The molecule has 56 valence electrons. The molecule has 0 spiro atoms. The summed E-state index contributed by atoms with van der Waals surface area (Å²) in [5, 5.41) is 25.9. The number of hydrogen-bond donors (Lipinski definition) is 2. The minimum Gasteiger partial charge on any atom is -0.376 e. The van der Waals surface area contributed by atoms with Gasteiger partial charge in [-0.25, -0.2) is 0 Å². The number of nitrogens with one attached hydrogen (secondary N) is 1. The smallest absolute Gasteiger partial charge is 0.376 e. The van der Waals surface area contributed by atoms with Gasteiger partial charge in [0.1, 0.15) is 9.85 Å². The molecule has 0 aliphatic heterocycles. The Hall–Kier alpha value is -1.73. The molecule has 8 heteroatoms. The van der Waals surface area contributed by atoms with Crippen LogP contribution in [0.1, 0.15) is 0 Å². The van der Waals surface area contributed by atoms with Gasteiger partial charge < -0.3 is 5.73 Å². The van der Waals surface area contributed by atoms with E-state index in [1.165, 1.54) is 0 Å². The second-order valence-corrected chi connectivity index (χ2v) is 1.40. The maximum Gasteiger partial charge on any atom is 0.506 e. The summed E-state index contributed by atoms with van der Waals surface area (Å²) in [6.45, 7) is 0. The fraction of sp³-hybridized carbons (Fsp3) is 0.500. The lowest BCUT2D eigenvalue weighted by Gasteiger charge is -1.96. The number of nitrogens with zero attached hydrogens (tertiary/aromatic N) is 2. The van der Waals surface area contributed by atoms with E-state index in [0.29, 0.717) is 0 Å². The Morgan fingerprint density at radius 3 is 1.70 bits per heavy atom. The predicted molar refractivity (Wildman–Crippen MR) is 29.7 cm³/mol. The number of amidine groups is 1. The molecular formula is C2H4N4O4. The van der Waals surface area contributed by atoms with Crippen LogP contribution in [0.25, 0.3) is 0 Å². The van der Waals surface area contributed by atoms with Crippen LogP contribution in [-0.4, -0.2) is 21.8 Å². The van der Waals surface area contributed by atoms with Gasteiger partial charge in [-0.05, 0) is 0 Å². The molecule has 8 nitrogen and oxygen atoms in total. The van der Waals surface area contributed by atoms with Crippen LogP contribution in [0.3, 0.4) is 0 Å². The van der Waals surface area contributed by atoms with Gasteiger partial charge in [-0.3, -0.25) is 25.6 Å². The van der Waals surface area contributed by atoms with Gasteiger partial charge in [-0.1, -0.05) is 0 Å². The Labute approximate surface area is 54.4 Å². The first-order chi connectivity index (χ1) is 4.46. The molecule has 0 radical (unpaired) electrons. The van der Waals surface area contributed by atoms with E-state index in [-0.39, 0.29) is 0 Å². The van der Waals surface area contributed by atoms with Crippen molar-refractivity contribution in [3.8, 4) is 0 Å². The molecule has 0 aromatic carbocycles. The molecule has 0 atom stereocenters. The average Bonchev–Trinajstić information content (AvgIpc) is 1.59.